The standard InChI is InChI=1S/C35H54O4/c1-7-31-24(3)12-17-33(39-31)38-26-18-20-34(4)25(22-26)13-14-27-29-16-15-28(35(29,5)21-19-30(27)34)23(2)10-8-9-11-32(36)37-6/h10,12-13,17,24,26-31,33H,7-9,11,14-16,18-22H2,1-6H3/b23-10+/t24-,26-,27?,28+,29?,30?,31+,33?,34-,35+/m0/s1. The van der Waals surface area contributed by atoms with E-state index in [1.807, 2.05) is 0 Å². The number of methoxy groups -OCH3 is 1. The van der Waals surface area contributed by atoms with Crippen LogP contribution in [0.2, 0.25) is 0 Å². The normalized spacial score (nSPS) is 43.7. The second-order valence-corrected chi connectivity index (χ2v) is 14.0. The van der Waals surface area contributed by atoms with Crippen molar-refractivity contribution >= 4 is 5.97 Å². The van der Waals surface area contributed by atoms with Crippen LogP contribution in [0.1, 0.15) is 112 Å². The largest absolute Gasteiger partial charge is 0.469 e. The Hall–Kier alpha value is -1.39. The number of rotatable bonds is 8. The highest BCUT2D eigenvalue weighted by atomic mass is 16.7. The number of ether oxygens (including phenoxy) is 3. The summed E-state index contributed by atoms with van der Waals surface area (Å²) < 4.78 is 17.6. The predicted molar refractivity (Wildman–Crippen MR) is 157 cm³/mol. The Morgan fingerprint density at radius 1 is 1.13 bits per heavy atom. The van der Waals surface area contributed by atoms with Gasteiger partial charge in [-0.3, -0.25) is 4.79 Å². The summed E-state index contributed by atoms with van der Waals surface area (Å²) in [5.41, 5.74) is 4.01. The molecule has 4 nitrogen and oxygen atoms in total. The molecule has 5 aliphatic rings. The molecule has 3 fully saturated rings. The number of allylic oxidation sites excluding steroid dienone is 3. The third kappa shape index (κ3) is 5.59. The zero-order valence-electron chi connectivity index (χ0n) is 25.5. The number of unbranched alkanes of at least 4 members (excludes halogenated alkanes) is 1. The molecular formula is C35H54O4. The maximum absolute atomic E-state index is 11.5. The maximum atomic E-state index is 11.5. The molecule has 5 rings (SSSR count). The van der Waals surface area contributed by atoms with Crippen molar-refractivity contribution in [3.63, 3.8) is 0 Å². The van der Waals surface area contributed by atoms with Gasteiger partial charge in [0.05, 0.1) is 19.3 Å². The minimum Gasteiger partial charge on any atom is -0.469 e. The molecule has 4 heteroatoms. The summed E-state index contributed by atoms with van der Waals surface area (Å²) in [6.07, 6.45) is 23.5. The molecule has 1 heterocycles. The van der Waals surface area contributed by atoms with Gasteiger partial charge in [0.2, 0.25) is 0 Å². The van der Waals surface area contributed by atoms with Gasteiger partial charge in [-0.05, 0) is 118 Å². The fourth-order valence-corrected chi connectivity index (χ4v) is 9.78. The second-order valence-electron chi connectivity index (χ2n) is 14.0. The SMILES string of the molecule is CC[C@H]1OC(O[C@H]2CC[C@@]3(C)C(=CCC4C3CC[C@@]3(C)C4CC[C@@H]3/C(C)=C/CCCC(=O)OC)C2)C=C[C@@H]1C. The third-order valence-electron chi connectivity index (χ3n) is 12.1. The van der Waals surface area contributed by atoms with Gasteiger partial charge in [-0.2, -0.15) is 0 Å². The summed E-state index contributed by atoms with van der Waals surface area (Å²) in [4.78, 5) is 11.5. The van der Waals surface area contributed by atoms with Crippen LogP contribution in [-0.4, -0.2) is 31.6 Å². The maximum Gasteiger partial charge on any atom is 0.305 e. The van der Waals surface area contributed by atoms with Gasteiger partial charge in [0.1, 0.15) is 0 Å². The minimum atomic E-state index is -0.181. The molecule has 0 aromatic heterocycles. The first-order valence-electron chi connectivity index (χ1n) is 16.1. The highest BCUT2D eigenvalue weighted by Gasteiger charge is 2.58. The Bertz CT molecular complexity index is 979. The third-order valence-corrected chi connectivity index (χ3v) is 12.1. The van der Waals surface area contributed by atoms with Crippen LogP contribution in [0.3, 0.4) is 0 Å². The van der Waals surface area contributed by atoms with E-state index in [1.54, 1.807) is 11.1 Å². The van der Waals surface area contributed by atoms with Crippen molar-refractivity contribution in [1.82, 2.24) is 0 Å². The van der Waals surface area contributed by atoms with E-state index in [2.05, 4.69) is 58.9 Å². The van der Waals surface area contributed by atoms with E-state index in [9.17, 15) is 4.79 Å². The summed E-state index contributed by atoms with van der Waals surface area (Å²) in [5.74, 6) is 3.55. The van der Waals surface area contributed by atoms with Crippen molar-refractivity contribution in [1.29, 1.82) is 0 Å². The van der Waals surface area contributed by atoms with Gasteiger partial charge in [0.15, 0.2) is 6.29 Å². The molecule has 39 heavy (non-hydrogen) atoms. The molecule has 0 saturated heterocycles. The summed E-state index contributed by atoms with van der Waals surface area (Å²) in [6.45, 7) is 12.0. The van der Waals surface area contributed by atoms with Crippen LogP contribution in [0.25, 0.3) is 0 Å². The van der Waals surface area contributed by atoms with Gasteiger partial charge >= 0.3 is 5.97 Å². The summed E-state index contributed by atoms with van der Waals surface area (Å²) in [5, 5.41) is 0. The van der Waals surface area contributed by atoms with Crippen LogP contribution in [-0.2, 0) is 19.0 Å². The lowest BCUT2D eigenvalue weighted by atomic mass is 9.47. The number of carbonyl (C=O) groups excluding carboxylic acids is 1. The molecular weight excluding hydrogens is 484 g/mol. The Labute approximate surface area is 238 Å². The molecule has 218 valence electrons. The van der Waals surface area contributed by atoms with Gasteiger partial charge in [0, 0.05) is 12.3 Å². The number of hydrogen-bond acceptors (Lipinski definition) is 4. The molecule has 0 N–H and O–H groups in total. The van der Waals surface area contributed by atoms with Crippen LogP contribution >= 0.6 is 0 Å². The van der Waals surface area contributed by atoms with Gasteiger partial charge in [0.25, 0.3) is 0 Å². The highest BCUT2D eigenvalue weighted by Crippen LogP contribution is 2.67. The van der Waals surface area contributed by atoms with E-state index in [1.165, 1.54) is 45.6 Å². The van der Waals surface area contributed by atoms with E-state index >= 15 is 0 Å². The number of carbonyl (C=O) groups is 1. The van der Waals surface area contributed by atoms with Crippen molar-refractivity contribution < 1.29 is 19.0 Å². The predicted octanol–water partition coefficient (Wildman–Crippen LogP) is 8.57. The van der Waals surface area contributed by atoms with Crippen molar-refractivity contribution in [3.05, 3.63) is 35.5 Å². The molecule has 10 atom stereocenters. The van der Waals surface area contributed by atoms with Crippen LogP contribution in [0.15, 0.2) is 35.5 Å². The zero-order valence-corrected chi connectivity index (χ0v) is 25.5. The lowest BCUT2D eigenvalue weighted by Crippen LogP contribution is -2.50. The average Bonchev–Trinajstić information content (AvgIpc) is 3.29. The van der Waals surface area contributed by atoms with Gasteiger partial charge < -0.3 is 14.2 Å². The summed E-state index contributed by atoms with van der Waals surface area (Å²) in [7, 11) is 1.48. The molecule has 4 aliphatic carbocycles. The van der Waals surface area contributed by atoms with E-state index < -0.39 is 0 Å². The monoisotopic (exact) mass is 538 g/mol. The number of esters is 1. The van der Waals surface area contributed by atoms with Crippen LogP contribution in [0, 0.1) is 40.4 Å². The topological polar surface area (TPSA) is 44.8 Å². The zero-order chi connectivity index (χ0) is 27.8. The van der Waals surface area contributed by atoms with Gasteiger partial charge in [-0.15, -0.1) is 0 Å². The van der Waals surface area contributed by atoms with E-state index in [0.717, 1.165) is 49.9 Å². The fourth-order valence-electron chi connectivity index (χ4n) is 9.78. The summed E-state index contributed by atoms with van der Waals surface area (Å²) >= 11 is 0. The Morgan fingerprint density at radius 2 is 1.95 bits per heavy atom. The molecule has 0 spiro atoms. The van der Waals surface area contributed by atoms with Crippen molar-refractivity contribution in [3.8, 4) is 0 Å². The highest BCUT2D eigenvalue weighted by molar-refractivity contribution is 5.69. The quantitative estimate of drug-likeness (QED) is 0.176. The Morgan fingerprint density at radius 3 is 2.72 bits per heavy atom. The molecule has 1 aliphatic heterocycles. The fraction of sp³-hybridized carbons (Fsp3) is 0.800. The Kier molecular flexibility index (Phi) is 8.84. The minimum absolute atomic E-state index is 0.0926. The van der Waals surface area contributed by atoms with Crippen molar-refractivity contribution in [2.75, 3.05) is 7.11 Å². The average molecular weight is 539 g/mol. The van der Waals surface area contributed by atoms with E-state index in [4.69, 9.17) is 14.2 Å². The Balaban J connectivity index is 1.23. The van der Waals surface area contributed by atoms with Crippen LogP contribution in [0.4, 0.5) is 0 Å². The second kappa shape index (κ2) is 11.8. The van der Waals surface area contributed by atoms with Gasteiger partial charge in [-0.25, -0.2) is 0 Å². The molecule has 0 aromatic rings. The molecule has 0 bridgehead atoms. The van der Waals surface area contributed by atoms with Gasteiger partial charge in [-0.1, -0.05) is 57.1 Å². The van der Waals surface area contributed by atoms with Crippen LogP contribution < -0.4 is 0 Å². The lowest BCUT2D eigenvalue weighted by Gasteiger charge is -2.58. The molecule has 0 aromatic carbocycles. The first-order valence-corrected chi connectivity index (χ1v) is 16.1. The first kappa shape index (κ1) is 29.1. The lowest BCUT2D eigenvalue weighted by molar-refractivity contribution is -0.188. The molecule has 3 saturated carbocycles. The molecule has 0 radical (unpaired) electrons. The van der Waals surface area contributed by atoms with E-state index in [0.29, 0.717) is 29.1 Å². The van der Waals surface area contributed by atoms with E-state index in [-0.39, 0.29) is 24.5 Å². The number of fused-ring (bicyclic) bond motifs is 5. The number of hydrogen-bond donors (Lipinski definition) is 0. The molecule has 4 unspecified atom stereocenters. The molecule has 0 amide bonds. The van der Waals surface area contributed by atoms with Crippen molar-refractivity contribution in [2.24, 2.45) is 40.4 Å². The smallest absolute Gasteiger partial charge is 0.305 e. The first-order chi connectivity index (χ1) is 18.7. The van der Waals surface area contributed by atoms with Crippen molar-refractivity contribution in [2.45, 2.75) is 130 Å². The van der Waals surface area contributed by atoms with Crippen LogP contribution in [0.5, 0.6) is 0 Å². The summed E-state index contributed by atoms with van der Waals surface area (Å²) in [6, 6.07) is 0.